The molecule has 0 aromatic heterocycles. The average Bonchev–Trinajstić information content (AvgIpc) is 2.73. The lowest BCUT2D eigenvalue weighted by molar-refractivity contribution is 0.288. The fourth-order valence-corrected chi connectivity index (χ4v) is 3.93. The molecular weight excluding hydrogens is 200 g/mol. The summed E-state index contributed by atoms with van der Waals surface area (Å²) in [7, 11) is -3.46. The minimum absolute atomic E-state index is 0.201. The highest BCUT2D eigenvalue weighted by Crippen LogP contribution is 2.35. The molecule has 4 nitrogen and oxygen atoms in total. The molecule has 0 aromatic rings. The minimum atomic E-state index is -3.46. The molecular formula is C9H18N2O2S. The van der Waals surface area contributed by atoms with Crippen molar-refractivity contribution in [2.75, 3.05) is 6.54 Å². The van der Waals surface area contributed by atoms with Gasteiger partial charge in [-0.05, 0) is 31.6 Å². The van der Waals surface area contributed by atoms with Crippen LogP contribution in [0.5, 0.6) is 0 Å². The van der Waals surface area contributed by atoms with Gasteiger partial charge in [0, 0.05) is 12.6 Å². The first-order valence-electron chi connectivity index (χ1n) is 5.38. The van der Waals surface area contributed by atoms with Gasteiger partial charge in [-0.2, -0.15) is 12.7 Å². The zero-order chi connectivity index (χ0) is 10.2. The molecule has 0 bridgehead atoms. The standard InChI is InChI=1S/C9H18N2O2S/c10-14(12,13)11-7-3-6-9(11)8-4-1-2-5-8/h8-9H,1-7H2,(H2,10,12,13). The summed E-state index contributed by atoms with van der Waals surface area (Å²) >= 11 is 0. The third-order valence-electron chi connectivity index (χ3n) is 3.52. The van der Waals surface area contributed by atoms with E-state index in [-0.39, 0.29) is 6.04 Å². The van der Waals surface area contributed by atoms with Crippen LogP contribution in [0.15, 0.2) is 0 Å². The Morgan fingerprint density at radius 2 is 1.71 bits per heavy atom. The van der Waals surface area contributed by atoms with Gasteiger partial charge in [-0.1, -0.05) is 12.8 Å². The summed E-state index contributed by atoms with van der Waals surface area (Å²) in [5.74, 6) is 0.566. The van der Waals surface area contributed by atoms with Gasteiger partial charge in [-0.3, -0.25) is 0 Å². The van der Waals surface area contributed by atoms with Gasteiger partial charge >= 0.3 is 0 Å². The summed E-state index contributed by atoms with van der Waals surface area (Å²) in [4.78, 5) is 0. The van der Waals surface area contributed by atoms with Crippen molar-refractivity contribution >= 4 is 10.2 Å². The molecule has 1 unspecified atom stereocenters. The van der Waals surface area contributed by atoms with Gasteiger partial charge in [-0.25, -0.2) is 5.14 Å². The molecule has 0 spiro atoms. The fourth-order valence-electron chi connectivity index (χ4n) is 2.90. The lowest BCUT2D eigenvalue weighted by Gasteiger charge is -2.26. The molecule has 1 saturated carbocycles. The second kappa shape index (κ2) is 3.79. The van der Waals surface area contributed by atoms with Crippen LogP contribution in [0, 0.1) is 5.92 Å². The van der Waals surface area contributed by atoms with Crippen molar-refractivity contribution in [1.29, 1.82) is 0 Å². The largest absolute Gasteiger partial charge is 0.277 e. The fraction of sp³-hybridized carbons (Fsp3) is 1.00. The van der Waals surface area contributed by atoms with Crippen molar-refractivity contribution in [3.63, 3.8) is 0 Å². The Balaban J connectivity index is 2.10. The van der Waals surface area contributed by atoms with E-state index in [0.717, 1.165) is 12.8 Å². The van der Waals surface area contributed by atoms with E-state index in [0.29, 0.717) is 12.5 Å². The van der Waals surface area contributed by atoms with Crippen molar-refractivity contribution in [2.45, 2.75) is 44.6 Å². The zero-order valence-corrected chi connectivity index (χ0v) is 9.17. The van der Waals surface area contributed by atoms with Crippen LogP contribution in [0.4, 0.5) is 0 Å². The molecule has 1 aliphatic carbocycles. The van der Waals surface area contributed by atoms with Crippen LogP contribution in [0.2, 0.25) is 0 Å². The summed E-state index contributed by atoms with van der Waals surface area (Å²) < 4.78 is 24.1. The second-order valence-corrected chi connectivity index (χ2v) is 5.91. The van der Waals surface area contributed by atoms with E-state index in [1.807, 2.05) is 0 Å². The molecule has 14 heavy (non-hydrogen) atoms. The second-order valence-electron chi connectivity index (χ2n) is 4.41. The molecule has 5 heteroatoms. The summed E-state index contributed by atoms with van der Waals surface area (Å²) in [6.45, 7) is 0.625. The maximum absolute atomic E-state index is 11.3. The molecule has 2 aliphatic rings. The summed E-state index contributed by atoms with van der Waals surface area (Å²) in [6.07, 6.45) is 6.82. The quantitative estimate of drug-likeness (QED) is 0.746. The predicted octanol–water partition coefficient (Wildman–Crippen LogP) is 0.845. The van der Waals surface area contributed by atoms with Gasteiger partial charge in [0.25, 0.3) is 10.2 Å². The molecule has 1 heterocycles. The van der Waals surface area contributed by atoms with Crippen LogP contribution in [-0.2, 0) is 10.2 Å². The average molecular weight is 218 g/mol. The molecule has 0 aromatic carbocycles. The van der Waals surface area contributed by atoms with Gasteiger partial charge in [0.2, 0.25) is 0 Å². The Labute approximate surface area is 85.6 Å². The van der Waals surface area contributed by atoms with Crippen LogP contribution in [0.25, 0.3) is 0 Å². The Hall–Kier alpha value is -0.130. The van der Waals surface area contributed by atoms with E-state index in [9.17, 15) is 8.42 Å². The van der Waals surface area contributed by atoms with Crippen molar-refractivity contribution in [3.8, 4) is 0 Å². The Morgan fingerprint density at radius 3 is 2.29 bits per heavy atom. The maximum Gasteiger partial charge on any atom is 0.277 e. The van der Waals surface area contributed by atoms with Crippen molar-refractivity contribution in [1.82, 2.24) is 4.31 Å². The van der Waals surface area contributed by atoms with E-state index in [2.05, 4.69) is 0 Å². The molecule has 0 radical (unpaired) electrons. The number of hydrogen-bond acceptors (Lipinski definition) is 2. The third kappa shape index (κ3) is 1.94. The monoisotopic (exact) mass is 218 g/mol. The summed E-state index contributed by atoms with van der Waals surface area (Å²) in [6, 6.07) is 0.201. The minimum Gasteiger partial charge on any atom is -0.216 e. The molecule has 0 amide bonds. The lowest BCUT2D eigenvalue weighted by atomic mass is 9.97. The van der Waals surface area contributed by atoms with Gasteiger partial charge < -0.3 is 0 Å². The smallest absolute Gasteiger partial charge is 0.216 e. The van der Waals surface area contributed by atoms with Gasteiger partial charge in [0.15, 0.2) is 0 Å². The molecule has 2 fully saturated rings. The molecule has 2 rings (SSSR count). The number of nitrogens with zero attached hydrogens (tertiary/aromatic N) is 1. The zero-order valence-electron chi connectivity index (χ0n) is 8.35. The van der Waals surface area contributed by atoms with E-state index in [1.54, 1.807) is 0 Å². The SMILES string of the molecule is NS(=O)(=O)N1CCCC1C1CCCC1. The Morgan fingerprint density at radius 1 is 1.07 bits per heavy atom. The van der Waals surface area contributed by atoms with Crippen LogP contribution in [-0.4, -0.2) is 25.3 Å². The highest BCUT2D eigenvalue weighted by molar-refractivity contribution is 7.86. The number of rotatable bonds is 2. The van der Waals surface area contributed by atoms with Crippen molar-refractivity contribution < 1.29 is 8.42 Å². The van der Waals surface area contributed by atoms with Crippen LogP contribution >= 0.6 is 0 Å². The van der Waals surface area contributed by atoms with E-state index < -0.39 is 10.2 Å². The summed E-state index contributed by atoms with van der Waals surface area (Å²) in [5, 5.41) is 5.20. The van der Waals surface area contributed by atoms with Gasteiger partial charge in [-0.15, -0.1) is 0 Å². The van der Waals surface area contributed by atoms with Crippen molar-refractivity contribution in [2.24, 2.45) is 11.1 Å². The molecule has 2 N–H and O–H groups in total. The van der Waals surface area contributed by atoms with Crippen LogP contribution in [0.3, 0.4) is 0 Å². The highest BCUT2D eigenvalue weighted by Gasteiger charge is 2.37. The normalized spacial score (nSPS) is 31.4. The first-order valence-corrected chi connectivity index (χ1v) is 6.89. The molecule has 82 valence electrons. The van der Waals surface area contributed by atoms with E-state index in [4.69, 9.17) is 5.14 Å². The van der Waals surface area contributed by atoms with Crippen molar-refractivity contribution in [3.05, 3.63) is 0 Å². The first-order chi connectivity index (χ1) is 6.59. The predicted molar refractivity (Wildman–Crippen MR) is 54.8 cm³/mol. The summed E-state index contributed by atoms with van der Waals surface area (Å²) in [5.41, 5.74) is 0. The van der Waals surface area contributed by atoms with Crippen LogP contribution in [0.1, 0.15) is 38.5 Å². The van der Waals surface area contributed by atoms with E-state index >= 15 is 0 Å². The lowest BCUT2D eigenvalue weighted by Crippen LogP contribution is -2.43. The molecule has 1 aliphatic heterocycles. The van der Waals surface area contributed by atoms with Gasteiger partial charge in [0.1, 0.15) is 0 Å². The van der Waals surface area contributed by atoms with Crippen LogP contribution < -0.4 is 5.14 Å². The first kappa shape index (κ1) is 10.4. The number of nitrogens with two attached hydrogens (primary N) is 1. The highest BCUT2D eigenvalue weighted by atomic mass is 32.2. The topological polar surface area (TPSA) is 63.4 Å². The van der Waals surface area contributed by atoms with Gasteiger partial charge in [0.05, 0.1) is 0 Å². The Bertz CT molecular complexity index is 296. The maximum atomic E-state index is 11.3. The van der Waals surface area contributed by atoms with E-state index in [1.165, 1.54) is 30.0 Å². The molecule has 1 atom stereocenters. The third-order valence-corrected chi connectivity index (χ3v) is 4.63. The Kier molecular flexibility index (Phi) is 2.81. The molecule has 1 saturated heterocycles. The number of hydrogen-bond donors (Lipinski definition) is 1.